The van der Waals surface area contributed by atoms with Crippen molar-refractivity contribution in [1.29, 1.82) is 0 Å². The fraction of sp³-hybridized carbons (Fsp3) is 0.400. The van der Waals surface area contributed by atoms with Crippen LogP contribution < -0.4 is 10.1 Å². The third kappa shape index (κ3) is 4.05. The molecular weight excluding hydrogens is 270 g/mol. The molecule has 0 aliphatic rings. The molecule has 0 saturated heterocycles. The van der Waals surface area contributed by atoms with Crippen molar-refractivity contribution in [2.75, 3.05) is 0 Å². The molecule has 0 aliphatic carbocycles. The van der Waals surface area contributed by atoms with Gasteiger partial charge < -0.3 is 14.6 Å². The first kappa shape index (κ1) is 15.0. The molecule has 0 fully saturated rings. The molecule has 0 spiro atoms. The zero-order valence-electron chi connectivity index (χ0n) is 12.4. The van der Waals surface area contributed by atoms with Crippen molar-refractivity contribution in [2.45, 2.75) is 39.8 Å². The quantitative estimate of drug-likeness (QED) is 0.884. The Morgan fingerprint density at radius 1 is 1.43 bits per heavy atom. The summed E-state index contributed by atoms with van der Waals surface area (Å²) >= 11 is 0. The largest absolute Gasteiger partial charge is 0.485 e. The van der Waals surface area contributed by atoms with Crippen molar-refractivity contribution in [3.05, 3.63) is 41.5 Å². The molecule has 1 amide bonds. The fourth-order valence-corrected chi connectivity index (χ4v) is 1.73. The highest BCUT2D eigenvalue weighted by molar-refractivity contribution is 5.97. The number of hydrogen-bond acceptors (Lipinski definition) is 5. The van der Waals surface area contributed by atoms with Gasteiger partial charge in [0, 0.05) is 13.0 Å². The number of amides is 1. The van der Waals surface area contributed by atoms with Gasteiger partial charge in [-0.15, -0.1) is 0 Å². The first-order chi connectivity index (χ1) is 10.1. The molecule has 0 aliphatic heterocycles. The third-order valence-electron chi connectivity index (χ3n) is 3.05. The molecule has 1 atom stereocenters. The predicted octanol–water partition coefficient (Wildman–Crippen LogP) is 2.49. The lowest BCUT2D eigenvalue weighted by Gasteiger charge is -2.14. The Morgan fingerprint density at radius 2 is 2.19 bits per heavy atom. The van der Waals surface area contributed by atoms with E-state index in [4.69, 9.17) is 9.26 Å². The Bertz CT molecular complexity index is 610. The minimum absolute atomic E-state index is 0.116. The summed E-state index contributed by atoms with van der Waals surface area (Å²) in [6.45, 7) is 5.85. The monoisotopic (exact) mass is 289 g/mol. The maximum atomic E-state index is 12.2. The molecule has 6 heteroatoms. The van der Waals surface area contributed by atoms with Crippen molar-refractivity contribution in [1.82, 2.24) is 15.5 Å². The smallest absolute Gasteiger partial charge is 0.255 e. The molecule has 112 valence electrons. The topological polar surface area (TPSA) is 77.2 Å². The SMILES string of the molecule is CCC(C)NC(=O)c1ccccc1OCc1noc(C)n1. The molecule has 0 bridgehead atoms. The van der Waals surface area contributed by atoms with Crippen LogP contribution in [0.2, 0.25) is 0 Å². The first-order valence-electron chi connectivity index (χ1n) is 6.92. The molecule has 1 heterocycles. The van der Waals surface area contributed by atoms with Gasteiger partial charge in [-0.25, -0.2) is 0 Å². The molecule has 0 radical (unpaired) electrons. The number of nitrogens with one attached hydrogen (secondary N) is 1. The molecule has 1 aromatic carbocycles. The molecule has 2 aromatic rings. The van der Waals surface area contributed by atoms with Crippen LogP contribution in [0.25, 0.3) is 0 Å². The standard InChI is InChI=1S/C15H19N3O3/c1-4-10(2)16-15(19)12-7-5-6-8-13(12)20-9-14-17-11(3)21-18-14/h5-8,10H,4,9H2,1-3H3,(H,16,19). The van der Waals surface area contributed by atoms with E-state index in [0.29, 0.717) is 23.0 Å². The van der Waals surface area contributed by atoms with Crippen LogP contribution in [-0.2, 0) is 6.61 Å². The predicted molar refractivity (Wildman–Crippen MR) is 77.0 cm³/mol. The van der Waals surface area contributed by atoms with Crippen LogP contribution in [0.5, 0.6) is 5.75 Å². The Hall–Kier alpha value is -2.37. The number of aryl methyl sites for hydroxylation is 1. The molecular formula is C15H19N3O3. The number of benzene rings is 1. The van der Waals surface area contributed by atoms with Gasteiger partial charge in [-0.3, -0.25) is 4.79 Å². The molecule has 1 aromatic heterocycles. The van der Waals surface area contributed by atoms with Crippen LogP contribution in [0.15, 0.2) is 28.8 Å². The van der Waals surface area contributed by atoms with Crippen LogP contribution >= 0.6 is 0 Å². The summed E-state index contributed by atoms with van der Waals surface area (Å²) in [5.74, 6) is 1.28. The third-order valence-corrected chi connectivity index (χ3v) is 3.05. The van der Waals surface area contributed by atoms with Crippen molar-refractivity contribution >= 4 is 5.91 Å². The zero-order chi connectivity index (χ0) is 15.2. The minimum atomic E-state index is -0.149. The highest BCUT2D eigenvalue weighted by atomic mass is 16.5. The van der Waals surface area contributed by atoms with Gasteiger partial charge in [-0.1, -0.05) is 24.2 Å². The van der Waals surface area contributed by atoms with Gasteiger partial charge in [0.25, 0.3) is 5.91 Å². The summed E-state index contributed by atoms with van der Waals surface area (Å²) in [6.07, 6.45) is 0.872. The lowest BCUT2D eigenvalue weighted by Crippen LogP contribution is -2.32. The normalized spacial score (nSPS) is 12.0. The van der Waals surface area contributed by atoms with Crippen LogP contribution in [0, 0.1) is 6.92 Å². The van der Waals surface area contributed by atoms with Gasteiger partial charge in [0.15, 0.2) is 6.61 Å². The summed E-state index contributed by atoms with van der Waals surface area (Å²) in [5.41, 5.74) is 0.498. The lowest BCUT2D eigenvalue weighted by molar-refractivity contribution is 0.0934. The number of nitrogens with zero attached hydrogens (tertiary/aromatic N) is 2. The average molecular weight is 289 g/mol. The molecule has 1 unspecified atom stereocenters. The van der Waals surface area contributed by atoms with E-state index in [2.05, 4.69) is 15.5 Å². The average Bonchev–Trinajstić information content (AvgIpc) is 2.90. The minimum Gasteiger partial charge on any atom is -0.485 e. The van der Waals surface area contributed by atoms with E-state index in [-0.39, 0.29) is 18.6 Å². The van der Waals surface area contributed by atoms with E-state index in [0.717, 1.165) is 6.42 Å². The van der Waals surface area contributed by atoms with Crippen LogP contribution in [0.1, 0.15) is 42.3 Å². The fourth-order valence-electron chi connectivity index (χ4n) is 1.73. The van der Waals surface area contributed by atoms with Gasteiger partial charge >= 0.3 is 0 Å². The van der Waals surface area contributed by atoms with Crippen LogP contribution in [0.4, 0.5) is 0 Å². The van der Waals surface area contributed by atoms with Crippen LogP contribution in [-0.4, -0.2) is 22.1 Å². The van der Waals surface area contributed by atoms with Gasteiger partial charge in [0.05, 0.1) is 5.56 Å². The van der Waals surface area contributed by atoms with Crippen molar-refractivity contribution in [2.24, 2.45) is 0 Å². The van der Waals surface area contributed by atoms with E-state index >= 15 is 0 Å². The van der Waals surface area contributed by atoms with Crippen molar-refractivity contribution in [3.8, 4) is 5.75 Å². The van der Waals surface area contributed by atoms with Crippen LogP contribution in [0.3, 0.4) is 0 Å². The Labute approximate surface area is 123 Å². The molecule has 2 rings (SSSR count). The summed E-state index contributed by atoms with van der Waals surface area (Å²) < 4.78 is 10.5. The van der Waals surface area contributed by atoms with Crippen molar-refractivity contribution in [3.63, 3.8) is 0 Å². The first-order valence-corrected chi connectivity index (χ1v) is 6.92. The molecule has 21 heavy (non-hydrogen) atoms. The summed E-state index contributed by atoms with van der Waals surface area (Å²) in [6, 6.07) is 7.21. The number of para-hydroxylation sites is 1. The van der Waals surface area contributed by atoms with E-state index in [1.54, 1.807) is 25.1 Å². The van der Waals surface area contributed by atoms with Crippen molar-refractivity contribution < 1.29 is 14.1 Å². The van der Waals surface area contributed by atoms with E-state index in [1.165, 1.54) is 0 Å². The van der Waals surface area contributed by atoms with Gasteiger partial charge in [-0.2, -0.15) is 4.98 Å². The van der Waals surface area contributed by atoms with E-state index < -0.39 is 0 Å². The summed E-state index contributed by atoms with van der Waals surface area (Å²) in [4.78, 5) is 16.3. The van der Waals surface area contributed by atoms with E-state index in [9.17, 15) is 4.79 Å². The maximum absolute atomic E-state index is 12.2. The van der Waals surface area contributed by atoms with Gasteiger partial charge in [0.1, 0.15) is 5.75 Å². The molecule has 1 N–H and O–H groups in total. The number of rotatable bonds is 6. The number of carbonyl (C=O) groups excluding carboxylic acids is 1. The van der Waals surface area contributed by atoms with Gasteiger partial charge in [-0.05, 0) is 25.5 Å². The maximum Gasteiger partial charge on any atom is 0.255 e. The lowest BCUT2D eigenvalue weighted by atomic mass is 10.1. The Balaban J connectivity index is 2.07. The van der Waals surface area contributed by atoms with E-state index in [1.807, 2.05) is 19.9 Å². The number of carbonyl (C=O) groups is 1. The second-order valence-corrected chi connectivity index (χ2v) is 4.80. The number of hydrogen-bond donors (Lipinski definition) is 1. The second-order valence-electron chi connectivity index (χ2n) is 4.80. The summed E-state index contributed by atoms with van der Waals surface area (Å²) in [5, 5.41) is 6.68. The Morgan fingerprint density at radius 3 is 2.86 bits per heavy atom. The highest BCUT2D eigenvalue weighted by Gasteiger charge is 2.14. The zero-order valence-corrected chi connectivity index (χ0v) is 12.4. The Kier molecular flexibility index (Phi) is 4.92. The molecule has 6 nitrogen and oxygen atoms in total. The van der Waals surface area contributed by atoms with Gasteiger partial charge in [0.2, 0.25) is 11.7 Å². The molecule has 0 saturated carbocycles. The number of ether oxygens (including phenoxy) is 1. The second kappa shape index (κ2) is 6.88. The highest BCUT2D eigenvalue weighted by Crippen LogP contribution is 2.19. The number of aromatic nitrogens is 2. The summed E-state index contributed by atoms with van der Waals surface area (Å²) in [7, 11) is 0.